The number of hydrazone groups is 1. The number of rotatable bonds is 10. The second-order valence-corrected chi connectivity index (χ2v) is 11.4. The number of aryl methyl sites for hydroxylation is 2. The summed E-state index contributed by atoms with van der Waals surface area (Å²) in [6.07, 6.45) is 1.53. The standard InChI is InChI=1S/C30H31ClN4O4S/c1-5-39-26-14-16-27(17-15-26)40(37,38)34(25-12-10-21(2)11-13-25)20-30(36)33-32-19-24-18-22(3)35(23(24)4)29-9-7-6-8-28(29)31/h6-19H,5,20H2,1-4H3,(H,33,36)/b32-19+. The SMILES string of the molecule is CCOc1ccc(S(=O)(=O)N(CC(=O)N/N=C/c2cc(C)n(-c3ccccc3Cl)c2C)c2ccc(C)cc2)cc1. The molecular formula is C30H31ClN4O4S. The summed E-state index contributed by atoms with van der Waals surface area (Å²) < 4.78 is 35.7. The van der Waals surface area contributed by atoms with Crippen molar-refractivity contribution in [1.82, 2.24) is 9.99 Å². The molecule has 1 amide bonds. The van der Waals surface area contributed by atoms with Crippen LogP contribution in [0.15, 0.2) is 88.9 Å². The molecule has 208 valence electrons. The zero-order valence-corrected chi connectivity index (χ0v) is 24.3. The van der Waals surface area contributed by atoms with Crippen molar-refractivity contribution in [1.29, 1.82) is 0 Å². The third-order valence-corrected chi connectivity index (χ3v) is 8.40. The van der Waals surface area contributed by atoms with Crippen molar-refractivity contribution in [3.05, 3.63) is 106 Å². The van der Waals surface area contributed by atoms with Crippen molar-refractivity contribution in [2.45, 2.75) is 32.6 Å². The lowest BCUT2D eigenvalue weighted by Crippen LogP contribution is -2.39. The van der Waals surface area contributed by atoms with Gasteiger partial charge in [0.15, 0.2) is 0 Å². The first-order valence-electron chi connectivity index (χ1n) is 12.7. The lowest BCUT2D eigenvalue weighted by molar-refractivity contribution is -0.119. The molecule has 0 aliphatic rings. The molecule has 4 rings (SSSR count). The molecule has 8 nitrogen and oxygen atoms in total. The van der Waals surface area contributed by atoms with E-state index in [1.165, 1.54) is 18.3 Å². The van der Waals surface area contributed by atoms with Crippen molar-refractivity contribution in [3.8, 4) is 11.4 Å². The molecule has 0 atom stereocenters. The fraction of sp³-hybridized carbons (Fsp3) is 0.200. The van der Waals surface area contributed by atoms with Gasteiger partial charge in [-0.2, -0.15) is 5.10 Å². The molecule has 1 N–H and O–H groups in total. The van der Waals surface area contributed by atoms with E-state index in [0.29, 0.717) is 23.1 Å². The first-order chi connectivity index (χ1) is 19.1. The number of aromatic nitrogens is 1. The van der Waals surface area contributed by atoms with E-state index in [4.69, 9.17) is 16.3 Å². The van der Waals surface area contributed by atoms with Gasteiger partial charge >= 0.3 is 0 Å². The third-order valence-electron chi connectivity index (χ3n) is 6.29. The van der Waals surface area contributed by atoms with E-state index in [9.17, 15) is 13.2 Å². The maximum atomic E-state index is 13.6. The Labute approximate surface area is 239 Å². The van der Waals surface area contributed by atoms with Gasteiger partial charge in [0.1, 0.15) is 12.3 Å². The highest BCUT2D eigenvalue weighted by atomic mass is 35.5. The molecule has 0 radical (unpaired) electrons. The van der Waals surface area contributed by atoms with Gasteiger partial charge in [-0.05, 0) is 82.3 Å². The van der Waals surface area contributed by atoms with Crippen molar-refractivity contribution >= 4 is 39.4 Å². The number of hydrogen-bond acceptors (Lipinski definition) is 5. The van der Waals surface area contributed by atoms with Gasteiger partial charge in [0.05, 0.1) is 34.1 Å². The first-order valence-corrected chi connectivity index (χ1v) is 14.5. The van der Waals surface area contributed by atoms with Gasteiger partial charge in [-0.15, -0.1) is 0 Å². The highest BCUT2D eigenvalue weighted by Crippen LogP contribution is 2.27. The van der Waals surface area contributed by atoms with Crippen molar-refractivity contribution in [3.63, 3.8) is 0 Å². The zero-order valence-electron chi connectivity index (χ0n) is 22.8. The Balaban J connectivity index is 1.55. The number of halogens is 1. The van der Waals surface area contributed by atoms with Crippen LogP contribution in [0.4, 0.5) is 5.69 Å². The molecule has 3 aromatic carbocycles. The minimum absolute atomic E-state index is 0.0415. The third kappa shape index (κ3) is 6.38. The van der Waals surface area contributed by atoms with Crippen molar-refractivity contribution in [2.75, 3.05) is 17.5 Å². The Morgan fingerprint density at radius 3 is 2.35 bits per heavy atom. The number of carbonyl (C=O) groups is 1. The maximum absolute atomic E-state index is 13.6. The molecule has 0 spiro atoms. The average Bonchev–Trinajstić information content (AvgIpc) is 3.21. The van der Waals surface area contributed by atoms with Crippen molar-refractivity contribution < 1.29 is 17.9 Å². The number of sulfonamides is 1. The van der Waals surface area contributed by atoms with E-state index in [2.05, 4.69) is 10.5 Å². The number of benzene rings is 3. The molecule has 10 heteroatoms. The van der Waals surface area contributed by atoms with E-state index in [-0.39, 0.29) is 4.90 Å². The summed E-state index contributed by atoms with van der Waals surface area (Å²) in [4.78, 5) is 13.0. The van der Waals surface area contributed by atoms with Crippen LogP contribution >= 0.6 is 11.6 Å². The van der Waals surface area contributed by atoms with Gasteiger partial charge in [0, 0.05) is 17.0 Å². The number of para-hydroxylation sites is 1. The zero-order chi connectivity index (χ0) is 28.9. The number of hydrogen-bond donors (Lipinski definition) is 1. The van der Waals surface area contributed by atoms with Crippen LogP contribution in [0.25, 0.3) is 5.69 Å². The van der Waals surface area contributed by atoms with E-state index in [1.54, 1.807) is 36.4 Å². The average molecular weight is 579 g/mol. The molecule has 0 aliphatic carbocycles. The molecule has 1 aromatic heterocycles. The van der Waals surface area contributed by atoms with Crippen LogP contribution in [0.3, 0.4) is 0 Å². The highest BCUT2D eigenvalue weighted by molar-refractivity contribution is 7.92. The predicted molar refractivity (Wildman–Crippen MR) is 159 cm³/mol. The fourth-order valence-corrected chi connectivity index (χ4v) is 5.93. The smallest absolute Gasteiger partial charge is 0.264 e. The quantitative estimate of drug-likeness (QED) is 0.190. The summed E-state index contributed by atoms with van der Waals surface area (Å²) in [6, 6.07) is 22.5. The Morgan fingerprint density at radius 2 is 1.70 bits per heavy atom. The number of amides is 1. The minimum Gasteiger partial charge on any atom is -0.494 e. The van der Waals surface area contributed by atoms with Crippen LogP contribution in [0.5, 0.6) is 5.75 Å². The second-order valence-electron chi connectivity index (χ2n) is 9.16. The summed E-state index contributed by atoms with van der Waals surface area (Å²) in [5.74, 6) is -0.0319. The Hall–Kier alpha value is -4.08. The predicted octanol–water partition coefficient (Wildman–Crippen LogP) is 5.80. The van der Waals surface area contributed by atoms with Gasteiger partial charge in [-0.3, -0.25) is 9.10 Å². The van der Waals surface area contributed by atoms with Crippen LogP contribution < -0.4 is 14.5 Å². The summed E-state index contributed by atoms with van der Waals surface area (Å²) in [6.45, 7) is 7.64. The van der Waals surface area contributed by atoms with E-state index < -0.39 is 22.5 Å². The number of ether oxygens (including phenoxy) is 1. The normalized spacial score (nSPS) is 11.5. The van der Waals surface area contributed by atoms with E-state index >= 15 is 0 Å². The molecule has 0 bridgehead atoms. The van der Waals surface area contributed by atoms with Crippen LogP contribution in [0.2, 0.25) is 5.02 Å². The molecule has 0 fully saturated rings. The van der Waals surface area contributed by atoms with Gasteiger partial charge in [0.2, 0.25) is 0 Å². The van der Waals surface area contributed by atoms with Gasteiger partial charge in [0.25, 0.3) is 15.9 Å². The van der Waals surface area contributed by atoms with Crippen LogP contribution in [0, 0.1) is 20.8 Å². The molecule has 4 aromatic rings. The van der Waals surface area contributed by atoms with Gasteiger partial charge < -0.3 is 9.30 Å². The lowest BCUT2D eigenvalue weighted by atomic mass is 10.2. The molecule has 0 aliphatic heterocycles. The topological polar surface area (TPSA) is 93.0 Å². The number of nitrogens with one attached hydrogen (secondary N) is 1. The number of nitrogens with zero attached hydrogens (tertiary/aromatic N) is 3. The van der Waals surface area contributed by atoms with E-state index in [1.807, 2.05) is 62.6 Å². The minimum atomic E-state index is -4.07. The lowest BCUT2D eigenvalue weighted by Gasteiger charge is -2.24. The molecule has 0 unspecified atom stereocenters. The molecular weight excluding hydrogens is 548 g/mol. The molecule has 1 heterocycles. The Bertz CT molecular complexity index is 1630. The number of carbonyl (C=O) groups excluding carboxylic acids is 1. The Kier molecular flexibility index (Phi) is 8.96. The Morgan fingerprint density at radius 1 is 1.02 bits per heavy atom. The highest BCUT2D eigenvalue weighted by Gasteiger charge is 2.27. The number of anilines is 1. The fourth-order valence-electron chi connectivity index (χ4n) is 4.29. The van der Waals surface area contributed by atoms with Crippen LogP contribution in [0.1, 0.15) is 29.4 Å². The molecule has 0 saturated carbocycles. The summed E-state index contributed by atoms with van der Waals surface area (Å²) in [5, 5.41) is 4.73. The van der Waals surface area contributed by atoms with Crippen LogP contribution in [-0.2, 0) is 14.8 Å². The summed E-state index contributed by atoms with van der Waals surface area (Å²) in [5.41, 5.74) is 7.27. The molecule has 0 saturated heterocycles. The van der Waals surface area contributed by atoms with Gasteiger partial charge in [-0.1, -0.05) is 41.4 Å². The monoisotopic (exact) mass is 578 g/mol. The maximum Gasteiger partial charge on any atom is 0.264 e. The van der Waals surface area contributed by atoms with Gasteiger partial charge in [-0.25, -0.2) is 13.8 Å². The largest absolute Gasteiger partial charge is 0.494 e. The summed E-state index contributed by atoms with van der Waals surface area (Å²) >= 11 is 6.40. The summed E-state index contributed by atoms with van der Waals surface area (Å²) in [7, 11) is -4.07. The first kappa shape index (κ1) is 28.9. The van der Waals surface area contributed by atoms with Crippen LogP contribution in [-0.4, -0.2) is 38.3 Å². The van der Waals surface area contributed by atoms with Crippen molar-refractivity contribution in [2.24, 2.45) is 5.10 Å². The second kappa shape index (κ2) is 12.4. The van der Waals surface area contributed by atoms with E-state index in [0.717, 1.165) is 32.5 Å². The molecule has 40 heavy (non-hydrogen) atoms.